The maximum Gasteiger partial charge on any atom is 0.332 e. The molecule has 1 unspecified atom stereocenters. The summed E-state index contributed by atoms with van der Waals surface area (Å²) in [4.78, 5) is 10.3. The smallest absolute Gasteiger partial charge is 0.332 e. The molecule has 0 aliphatic rings. The fourth-order valence-electron chi connectivity index (χ4n) is 0.677. The van der Waals surface area contributed by atoms with Crippen molar-refractivity contribution in [3.8, 4) is 0 Å². The topological polar surface area (TPSA) is 61.5 Å². The van der Waals surface area contributed by atoms with E-state index in [9.17, 15) is 4.79 Å². The van der Waals surface area contributed by atoms with Gasteiger partial charge >= 0.3 is 9.28 Å². The van der Waals surface area contributed by atoms with Crippen molar-refractivity contribution in [2.24, 2.45) is 5.73 Å². The van der Waals surface area contributed by atoms with Gasteiger partial charge in [0.25, 0.3) is 0 Å². The van der Waals surface area contributed by atoms with E-state index in [1.54, 1.807) is 0 Å². The number of nitrogens with two attached hydrogens (primary N) is 1. The molecule has 0 radical (unpaired) electrons. The molecule has 0 spiro atoms. The molecule has 0 fully saturated rings. The number of aldehydes is 1. The first kappa shape index (κ1) is 9.77. The van der Waals surface area contributed by atoms with Crippen LogP contribution in [0.3, 0.4) is 0 Å². The van der Waals surface area contributed by atoms with Crippen LogP contribution < -0.4 is 5.73 Å². The van der Waals surface area contributed by atoms with Crippen LogP contribution in [0.4, 0.5) is 0 Å². The molecular weight excluding hydrogens is 150 g/mol. The summed E-state index contributed by atoms with van der Waals surface area (Å²) in [6.45, 7) is 0.308. The van der Waals surface area contributed by atoms with E-state index in [1.807, 2.05) is 0 Å². The monoisotopic (exact) mass is 163 g/mol. The summed E-state index contributed by atoms with van der Waals surface area (Å²) in [5.41, 5.74) is 5.05. The van der Waals surface area contributed by atoms with E-state index >= 15 is 0 Å². The molecule has 0 bridgehead atoms. The van der Waals surface area contributed by atoms with Crippen molar-refractivity contribution in [3.63, 3.8) is 0 Å². The van der Waals surface area contributed by atoms with Gasteiger partial charge in [-0.1, -0.05) is 0 Å². The third-order valence-electron chi connectivity index (χ3n) is 1.26. The Kier molecular flexibility index (Phi) is 5.41. The second kappa shape index (κ2) is 5.54. The normalized spacial score (nSPS) is 13.6. The van der Waals surface area contributed by atoms with Gasteiger partial charge in [0.1, 0.15) is 6.29 Å². The summed E-state index contributed by atoms with van der Waals surface area (Å²) in [6, 6.07) is 0. The van der Waals surface area contributed by atoms with Gasteiger partial charge in [0.15, 0.2) is 0 Å². The Morgan fingerprint density at radius 2 is 2.10 bits per heavy atom. The SMILES string of the molecule is CO[SiH](OC)C(C=O)CN. The minimum absolute atomic E-state index is 0.227. The van der Waals surface area contributed by atoms with Crippen molar-refractivity contribution in [1.29, 1.82) is 0 Å². The fraction of sp³-hybridized carbons (Fsp3) is 0.800. The molecule has 60 valence electrons. The third-order valence-corrected chi connectivity index (χ3v) is 3.32. The first-order valence-corrected chi connectivity index (χ1v) is 4.62. The van der Waals surface area contributed by atoms with Crippen LogP contribution in [0.25, 0.3) is 0 Å². The van der Waals surface area contributed by atoms with Crippen molar-refractivity contribution < 1.29 is 13.6 Å². The van der Waals surface area contributed by atoms with Crippen molar-refractivity contribution in [2.45, 2.75) is 5.54 Å². The average molecular weight is 163 g/mol. The van der Waals surface area contributed by atoms with Crippen LogP contribution in [-0.4, -0.2) is 36.3 Å². The molecular formula is C5H13NO3Si. The van der Waals surface area contributed by atoms with Gasteiger partial charge in [-0.2, -0.15) is 0 Å². The van der Waals surface area contributed by atoms with Crippen LogP contribution in [0.5, 0.6) is 0 Å². The van der Waals surface area contributed by atoms with Crippen LogP contribution in [-0.2, 0) is 13.6 Å². The highest BCUT2D eigenvalue weighted by Crippen LogP contribution is 2.04. The predicted octanol–water partition coefficient (Wildman–Crippen LogP) is -0.972. The minimum atomic E-state index is -1.80. The zero-order chi connectivity index (χ0) is 7.98. The fourth-order valence-corrected chi connectivity index (χ4v) is 1.92. The van der Waals surface area contributed by atoms with E-state index in [1.165, 1.54) is 14.2 Å². The molecule has 0 aromatic rings. The predicted molar refractivity (Wildman–Crippen MR) is 40.0 cm³/mol. The highest BCUT2D eigenvalue weighted by atomic mass is 28.3. The zero-order valence-corrected chi connectivity index (χ0v) is 7.40. The standard InChI is InChI=1S/C5H13NO3Si/c1-8-10(9-2)5(3-6)4-7/h4-5,10H,3,6H2,1-2H3. The van der Waals surface area contributed by atoms with E-state index in [2.05, 4.69) is 0 Å². The highest BCUT2D eigenvalue weighted by Gasteiger charge is 2.21. The summed E-state index contributed by atoms with van der Waals surface area (Å²) in [7, 11) is 1.27. The molecule has 0 saturated heterocycles. The molecule has 10 heavy (non-hydrogen) atoms. The lowest BCUT2D eigenvalue weighted by Crippen LogP contribution is -2.32. The van der Waals surface area contributed by atoms with Crippen molar-refractivity contribution >= 4 is 15.6 Å². The lowest BCUT2D eigenvalue weighted by Gasteiger charge is -2.14. The van der Waals surface area contributed by atoms with Crippen LogP contribution in [0.2, 0.25) is 5.54 Å². The Balaban J connectivity index is 3.81. The first-order chi connectivity index (χ1) is 4.79. The Morgan fingerprint density at radius 3 is 2.20 bits per heavy atom. The lowest BCUT2D eigenvalue weighted by atomic mass is 10.5. The largest absolute Gasteiger partial charge is 0.399 e. The first-order valence-electron chi connectivity index (χ1n) is 3.01. The quantitative estimate of drug-likeness (QED) is 0.418. The van der Waals surface area contributed by atoms with Gasteiger partial charge in [-0.15, -0.1) is 0 Å². The molecule has 0 aromatic heterocycles. The van der Waals surface area contributed by atoms with E-state index in [0.29, 0.717) is 6.54 Å². The molecule has 5 heteroatoms. The molecule has 1 atom stereocenters. The maximum atomic E-state index is 10.3. The average Bonchev–Trinajstić information content (AvgIpc) is 2.00. The highest BCUT2D eigenvalue weighted by molar-refractivity contribution is 6.50. The molecule has 0 saturated carbocycles. The van der Waals surface area contributed by atoms with Crippen molar-refractivity contribution in [1.82, 2.24) is 0 Å². The number of hydrogen-bond acceptors (Lipinski definition) is 4. The summed E-state index contributed by atoms with van der Waals surface area (Å²) in [6.07, 6.45) is 0.796. The van der Waals surface area contributed by atoms with E-state index in [-0.39, 0.29) is 5.54 Å². The maximum absolute atomic E-state index is 10.3. The van der Waals surface area contributed by atoms with Crippen molar-refractivity contribution in [2.75, 3.05) is 20.8 Å². The molecule has 4 nitrogen and oxygen atoms in total. The minimum Gasteiger partial charge on any atom is -0.399 e. The van der Waals surface area contributed by atoms with Crippen LogP contribution >= 0.6 is 0 Å². The molecule has 2 N–H and O–H groups in total. The van der Waals surface area contributed by atoms with Gasteiger partial charge in [0.05, 0.1) is 5.54 Å². The molecule has 0 aliphatic heterocycles. The lowest BCUT2D eigenvalue weighted by molar-refractivity contribution is -0.108. The number of carbonyl (C=O) groups is 1. The summed E-state index contributed by atoms with van der Waals surface area (Å²) in [5.74, 6) is 0. The number of hydrogen-bond donors (Lipinski definition) is 1. The Bertz CT molecular complexity index is 96.9. The van der Waals surface area contributed by atoms with E-state index < -0.39 is 9.28 Å². The van der Waals surface area contributed by atoms with Gasteiger partial charge in [-0.05, 0) is 0 Å². The van der Waals surface area contributed by atoms with Crippen LogP contribution in [0.15, 0.2) is 0 Å². The van der Waals surface area contributed by atoms with E-state index in [4.69, 9.17) is 14.6 Å². The van der Waals surface area contributed by atoms with Gasteiger partial charge in [-0.25, -0.2) is 0 Å². The summed E-state index contributed by atoms with van der Waals surface area (Å²) in [5, 5.41) is 0. The van der Waals surface area contributed by atoms with E-state index in [0.717, 1.165) is 6.29 Å². The summed E-state index contributed by atoms with van der Waals surface area (Å²) >= 11 is 0. The molecule has 0 amide bonds. The summed E-state index contributed by atoms with van der Waals surface area (Å²) < 4.78 is 9.90. The van der Waals surface area contributed by atoms with Gasteiger partial charge < -0.3 is 19.4 Å². The van der Waals surface area contributed by atoms with Crippen LogP contribution in [0.1, 0.15) is 0 Å². The Labute approximate surface area is 62.2 Å². The molecule has 0 heterocycles. The Morgan fingerprint density at radius 1 is 1.60 bits per heavy atom. The number of carbonyl (C=O) groups excluding carboxylic acids is 1. The van der Waals surface area contributed by atoms with Crippen LogP contribution in [0, 0.1) is 0 Å². The van der Waals surface area contributed by atoms with Gasteiger partial charge in [0, 0.05) is 20.8 Å². The Hall–Kier alpha value is -0.233. The molecule has 0 aromatic carbocycles. The second-order valence-corrected chi connectivity index (χ2v) is 4.41. The van der Waals surface area contributed by atoms with Gasteiger partial charge in [-0.3, -0.25) is 0 Å². The zero-order valence-electron chi connectivity index (χ0n) is 6.24. The van der Waals surface area contributed by atoms with Crippen molar-refractivity contribution in [3.05, 3.63) is 0 Å². The molecule has 0 rings (SSSR count). The number of rotatable bonds is 5. The molecule has 0 aliphatic carbocycles. The van der Waals surface area contributed by atoms with Gasteiger partial charge in [0.2, 0.25) is 0 Å². The third kappa shape index (κ3) is 2.57. The second-order valence-electron chi connectivity index (χ2n) is 1.88.